The SMILES string of the molecule is CC1C(C)C2CC3CC1C32C. The van der Waals surface area contributed by atoms with Crippen LogP contribution in [0.5, 0.6) is 0 Å². The predicted molar refractivity (Wildman–Crippen MR) is 46.1 cm³/mol. The van der Waals surface area contributed by atoms with Gasteiger partial charge in [-0.05, 0) is 47.8 Å². The van der Waals surface area contributed by atoms with Gasteiger partial charge in [0, 0.05) is 0 Å². The fourth-order valence-electron chi connectivity index (χ4n) is 4.58. The second-order valence-electron chi connectivity index (χ2n) is 5.47. The monoisotopic (exact) mass is 150 g/mol. The zero-order valence-electron chi connectivity index (χ0n) is 7.80. The molecule has 0 heterocycles. The molecular formula is C11H18. The average molecular weight is 150 g/mol. The van der Waals surface area contributed by atoms with Crippen molar-refractivity contribution in [3.63, 3.8) is 0 Å². The lowest BCUT2D eigenvalue weighted by Gasteiger charge is -2.64. The highest BCUT2D eigenvalue weighted by atomic mass is 14.7. The Labute approximate surface area is 69.4 Å². The third kappa shape index (κ3) is 0.443. The van der Waals surface area contributed by atoms with Crippen molar-refractivity contribution in [2.75, 3.05) is 0 Å². The first-order valence-corrected chi connectivity index (χ1v) is 5.15. The number of hydrogen-bond acceptors (Lipinski definition) is 0. The third-order valence-electron chi connectivity index (χ3n) is 5.65. The molecule has 0 N–H and O–H groups in total. The maximum Gasteiger partial charge on any atom is -0.0235 e. The lowest BCUT2D eigenvalue weighted by atomic mass is 9.41. The summed E-state index contributed by atoms with van der Waals surface area (Å²) in [6, 6.07) is 0. The van der Waals surface area contributed by atoms with Crippen molar-refractivity contribution in [2.24, 2.45) is 35.0 Å². The van der Waals surface area contributed by atoms with Gasteiger partial charge in [-0.1, -0.05) is 20.8 Å². The molecule has 3 saturated carbocycles. The van der Waals surface area contributed by atoms with Crippen LogP contribution >= 0.6 is 0 Å². The maximum atomic E-state index is 2.56. The highest BCUT2D eigenvalue weighted by Gasteiger charge is 2.70. The lowest BCUT2D eigenvalue weighted by Crippen LogP contribution is -2.57. The molecule has 62 valence electrons. The van der Waals surface area contributed by atoms with Crippen LogP contribution in [0.15, 0.2) is 0 Å². The van der Waals surface area contributed by atoms with Gasteiger partial charge < -0.3 is 0 Å². The quantitative estimate of drug-likeness (QED) is 0.498. The highest BCUT2D eigenvalue weighted by molar-refractivity contribution is 5.19. The molecule has 0 heteroatoms. The molecule has 0 aromatic rings. The number of rotatable bonds is 0. The molecule has 11 heavy (non-hydrogen) atoms. The van der Waals surface area contributed by atoms with Gasteiger partial charge in [0.2, 0.25) is 0 Å². The first-order chi connectivity index (χ1) is 5.15. The Morgan fingerprint density at radius 2 is 1.45 bits per heavy atom. The van der Waals surface area contributed by atoms with E-state index >= 15 is 0 Å². The third-order valence-corrected chi connectivity index (χ3v) is 5.65. The van der Waals surface area contributed by atoms with E-state index in [0.717, 1.165) is 35.0 Å². The first kappa shape index (κ1) is 6.51. The van der Waals surface area contributed by atoms with E-state index in [1.54, 1.807) is 12.8 Å². The molecule has 0 nitrogen and oxygen atoms in total. The molecule has 0 saturated heterocycles. The van der Waals surface area contributed by atoms with Crippen LogP contribution in [0, 0.1) is 35.0 Å². The van der Waals surface area contributed by atoms with Crippen LogP contribution in [0.3, 0.4) is 0 Å². The average Bonchev–Trinajstić information content (AvgIpc) is 2.19. The minimum Gasteiger partial charge on any atom is -0.0620 e. The molecule has 3 aliphatic rings. The zero-order chi connectivity index (χ0) is 7.80. The standard InChI is InChI=1S/C11H18/c1-6-7(2)10-5-8-4-9(6)11(8,10)3/h6-10H,4-5H2,1-3H3. The van der Waals surface area contributed by atoms with E-state index in [1.807, 2.05) is 0 Å². The molecule has 0 bridgehead atoms. The van der Waals surface area contributed by atoms with Gasteiger partial charge in [-0.2, -0.15) is 0 Å². The maximum absolute atomic E-state index is 2.56. The van der Waals surface area contributed by atoms with Crippen LogP contribution in [-0.4, -0.2) is 0 Å². The molecule has 4 atom stereocenters. The fourth-order valence-corrected chi connectivity index (χ4v) is 4.58. The minimum atomic E-state index is 0.832. The zero-order valence-corrected chi connectivity index (χ0v) is 7.80. The van der Waals surface area contributed by atoms with Gasteiger partial charge in [-0.15, -0.1) is 0 Å². The van der Waals surface area contributed by atoms with E-state index in [9.17, 15) is 0 Å². The molecule has 4 unspecified atom stereocenters. The van der Waals surface area contributed by atoms with E-state index in [0.29, 0.717) is 0 Å². The van der Waals surface area contributed by atoms with E-state index < -0.39 is 0 Å². The van der Waals surface area contributed by atoms with E-state index in [4.69, 9.17) is 0 Å². The van der Waals surface area contributed by atoms with Gasteiger partial charge >= 0.3 is 0 Å². The summed E-state index contributed by atoms with van der Waals surface area (Å²) in [5.41, 5.74) is 0.832. The topological polar surface area (TPSA) is 0 Å². The van der Waals surface area contributed by atoms with E-state index in [2.05, 4.69) is 20.8 Å². The summed E-state index contributed by atoms with van der Waals surface area (Å²) in [5.74, 6) is 5.43. The van der Waals surface area contributed by atoms with Crippen LogP contribution in [-0.2, 0) is 0 Å². The van der Waals surface area contributed by atoms with Crippen molar-refractivity contribution < 1.29 is 0 Å². The van der Waals surface area contributed by atoms with Crippen LogP contribution < -0.4 is 0 Å². The van der Waals surface area contributed by atoms with Crippen molar-refractivity contribution >= 4 is 0 Å². The van der Waals surface area contributed by atoms with Crippen LogP contribution in [0.1, 0.15) is 33.6 Å². The van der Waals surface area contributed by atoms with Crippen molar-refractivity contribution in [3.8, 4) is 0 Å². The molecule has 0 aliphatic heterocycles. The lowest BCUT2D eigenvalue weighted by molar-refractivity contribution is -0.152. The minimum absolute atomic E-state index is 0.832. The Balaban J connectivity index is 2.01. The van der Waals surface area contributed by atoms with Gasteiger partial charge in [0.15, 0.2) is 0 Å². The summed E-state index contributed by atoms with van der Waals surface area (Å²) in [7, 11) is 0. The second-order valence-corrected chi connectivity index (χ2v) is 5.47. The Kier molecular flexibility index (Phi) is 0.906. The fraction of sp³-hybridized carbons (Fsp3) is 1.00. The molecule has 0 aromatic heterocycles. The van der Waals surface area contributed by atoms with E-state index in [-0.39, 0.29) is 0 Å². The van der Waals surface area contributed by atoms with Gasteiger partial charge in [0.25, 0.3) is 0 Å². The summed E-state index contributed by atoms with van der Waals surface area (Å²) in [6.45, 7) is 7.52. The predicted octanol–water partition coefficient (Wildman–Crippen LogP) is 2.93. The molecule has 0 amide bonds. The molecule has 3 aliphatic carbocycles. The molecule has 3 rings (SSSR count). The summed E-state index contributed by atoms with van der Waals surface area (Å²) >= 11 is 0. The van der Waals surface area contributed by atoms with E-state index in [1.165, 1.54) is 0 Å². The van der Waals surface area contributed by atoms with Gasteiger partial charge in [-0.25, -0.2) is 0 Å². The molecule has 0 spiro atoms. The van der Waals surface area contributed by atoms with Gasteiger partial charge in [0.1, 0.15) is 0 Å². The summed E-state index contributed by atoms with van der Waals surface area (Å²) < 4.78 is 0. The van der Waals surface area contributed by atoms with Crippen molar-refractivity contribution in [2.45, 2.75) is 33.6 Å². The Morgan fingerprint density at radius 3 is 1.73 bits per heavy atom. The second kappa shape index (κ2) is 1.53. The van der Waals surface area contributed by atoms with Crippen molar-refractivity contribution in [1.29, 1.82) is 0 Å². The highest BCUT2D eigenvalue weighted by Crippen LogP contribution is 2.77. The number of hydrogen-bond donors (Lipinski definition) is 0. The summed E-state index contributed by atoms with van der Waals surface area (Å²) in [5, 5.41) is 0. The van der Waals surface area contributed by atoms with Crippen LogP contribution in [0.4, 0.5) is 0 Å². The molecule has 3 fully saturated rings. The molecular weight excluding hydrogens is 132 g/mol. The van der Waals surface area contributed by atoms with Crippen molar-refractivity contribution in [3.05, 3.63) is 0 Å². The Bertz CT molecular complexity index is 188. The van der Waals surface area contributed by atoms with Gasteiger partial charge in [-0.3, -0.25) is 0 Å². The van der Waals surface area contributed by atoms with Gasteiger partial charge in [0.05, 0.1) is 0 Å². The smallest absolute Gasteiger partial charge is 0.0235 e. The first-order valence-electron chi connectivity index (χ1n) is 5.15. The molecule has 0 radical (unpaired) electrons. The normalized spacial score (nSPS) is 71.7. The van der Waals surface area contributed by atoms with Crippen LogP contribution in [0.2, 0.25) is 0 Å². The Morgan fingerprint density at radius 1 is 1.00 bits per heavy atom. The summed E-state index contributed by atoms with van der Waals surface area (Å²) in [6.07, 6.45) is 3.14. The van der Waals surface area contributed by atoms with Crippen molar-refractivity contribution in [1.82, 2.24) is 0 Å². The van der Waals surface area contributed by atoms with Crippen LogP contribution in [0.25, 0.3) is 0 Å². The summed E-state index contributed by atoms with van der Waals surface area (Å²) in [4.78, 5) is 0. The molecule has 0 aromatic carbocycles. The Hall–Kier alpha value is 0. The largest absolute Gasteiger partial charge is 0.0620 e.